The molecule has 150 valence electrons. The molecule has 0 unspecified atom stereocenters. The highest BCUT2D eigenvalue weighted by Gasteiger charge is 2.30. The van der Waals surface area contributed by atoms with Gasteiger partial charge in [-0.15, -0.1) is 0 Å². The lowest BCUT2D eigenvalue weighted by atomic mass is 9.92. The molecule has 2 aromatic rings. The number of likely N-dealkylation sites (N-methyl/N-ethyl adjacent to an activating group) is 1. The highest BCUT2D eigenvalue weighted by molar-refractivity contribution is 5.95. The van der Waals surface area contributed by atoms with Crippen molar-refractivity contribution < 1.29 is 9.53 Å². The van der Waals surface area contributed by atoms with Gasteiger partial charge in [0.1, 0.15) is 12.4 Å². The summed E-state index contributed by atoms with van der Waals surface area (Å²) in [4.78, 5) is 16.3. The van der Waals surface area contributed by atoms with Gasteiger partial charge in [0.05, 0.1) is 17.9 Å². The number of carbonyl (C=O) groups is 1. The lowest BCUT2D eigenvalue weighted by molar-refractivity contribution is -0.117. The lowest BCUT2D eigenvalue weighted by Gasteiger charge is -2.36. The number of fused-ring (bicyclic) bond motifs is 1. The number of rotatable bonds is 6. The predicted molar refractivity (Wildman–Crippen MR) is 111 cm³/mol. The van der Waals surface area contributed by atoms with Crippen molar-refractivity contribution in [3.63, 3.8) is 0 Å². The molecular weight excluding hydrogens is 352 g/mol. The highest BCUT2D eigenvalue weighted by Crippen LogP contribution is 2.43. The van der Waals surface area contributed by atoms with Crippen molar-refractivity contribution in [3.05, 3.63) is 30.1 Å². The Morgan fingerprint density at radius 3 is 2.75 bits per heavy atom. The third-order valence-corrected chi connectivity index (χ3v) is 5.71. The average Bonchev–Trinajstić information content (AvgIpc) is 3.38. The maximum atomic E-state index is 12.3. The first-order valence-electron chi connectivity index (χ1n) is 10.2. The summed E-state index contributed by atoms with van der Waals surface area (Å²) in [6.07, 6.45) is 8.36. The molecule has 1 aromatic carbocycles. The predicted octanol–water partition coefficient (Wildman–Crippen LogP) is 3.51. The molecule has 2 aliphatic rings. The summed E-state index contributed by atoms with van der Waals surface area (Å²) >= 11 is 0. The average molecular weight is 383 g/mol. The van der Waals surface area contributed by atoms with Crippen molar-refractivity contribution in [3.8, 4) is 16.9 Å². The zero-order valence-electron chi connectivity index (χ0n) is 17.3. The van der Waals surface area contributed by atoms with Gasteiger partial charge < -0.3 is 14.5 Å². The van der Waals surface area contributed by atoms with E-state index in [4.69, 9.17) is 4.74 Å². The maximum Gasteiger partial charge on any atom is 0.224 e. The molecule has 4 rings (SSSR count). The van der Waals surface area contributed by atoms with Gasteiger partial charge in [-0.25, -0.2) is 0 Å². The van der Waals surface area contributed by atoms with Crippen LogP contribution in [0.25, 0.3) is 11.1 Å². The minimum atomic E-state index is 0.0852. The highest BCUT2D eigenvalue weighted by atomic mass is 16.5. The summed E-state index contributed by atoms with van der Waals surface area (Å²) in [7, 11) is 4.09. The Kier molecular flexibility index (Phi) is 5.15. The number of hydrogen-bond donors (Lipinski definition) is 0. The van der Waals surface area contributed by atoms with Crippen molar-refractivity contribution in [2.75, 3.05) is 32.1 Å². The largest absolute Gasteiger partial charge is 0.491 e. The van der Waals surface area contributed by atoms with Gasteiger partial charge in [0.25, 0.3) is 0 Å². The summed E-state index contributed by atoms with van der Waals surface area (Å²) in [6, 6.07) is 4.93. The maximum absolute atomic E-state index is 12.3. The standard InChI is InChI=1S/C22H30N4O2/c1-15-5-8-20-21(26(15)16(2)27)10-9-19(22(20)28-12-11-24(3)4)17-13-23-25(14-17)18-6-7-18/h9-10,13-15,18H,5-8,11-12H2,1-4H3/t15-/m0/s1. The topological polar surface area (TPSA) is 50.6 Å². The molecule has 2 heterocycles. The van der Waals surface area contributed by atoms with E-state index in [1.54, 1.807) is 6.92 Å². The Labute approximate surface area is 167 Å². The molecule has 1 aromatic heterocycles. The summed E-state index contributed by atoms with van der Waals surface area (Å²) in [5.41, 5.74) is 4.29. The van der Waals surface area contributed by atoms with Crippen LogP contribution in [0.1, 0.15) is 44.7 Å². The van der Waals surface area contributed by atoms with Gasteiger partial charge >= 0.3 is 0 Å². The van der Waals surface area contributed by atoms with Crippen molar-refractivity contribution >= 4 is 11.6 Å². The normalized spacial score (nSPS) is 19.0. The Morgan fingerprint density at radius 1 is 1.29 bits per heavy atom. The van der Waals surface area contributed by atoms with Gasteiger partial charge in [0, 0.05) is 42.4 Å². The fraction of sp³-hybridized carbons (Fsp3) is 0.545. The summed E-state index contributed by atoms with van der Waals surface area (Å²) in [5.74, 6) is 0.995. The molecular formula is C22H30N4O2. The molecule has 0 spiro atoms. The molecule has 6 heteroatoms. The van der Waals surface area contributed by atoms with Crippen molar-refractivity contribution in [1.29, 1.82) is 0 Å². The van der Waals surface area contributed by atoms with E-state index >= 15 is 0 Å². The summed E-state index contributed by atoms with van der Waals surface area (Å²) in [5, 5.41) is 4.56. The number of benzene rings is 1. The second kappa shape index (κ2) is 7.59. The van der Waals surface area contributed by atoms with Crippen LogP contribution in [0.3, 0.4) is 0 Å². The molecule has 0 N–H and O–H groups in total. The molecule has 0 bridgehead atoms. The Morgan fingerprint density at radius 2 is 2.07 bits per heavy atom. The van der Waals surface area contributed by atoms with E-state index < -0.39 is 0 Å². The molecule has 6 nitrogen and oxygen atoms in total. The van der Waals surface area contributed by atoms with Gasteiger partial charge in [-0.2, -0.15) is 5.10 Å². The van der Waals surface area contributed by atoms with E-state index in [0.717, 1.165) is 47.5 Å². The van der Waals surface area contributed by atoms with Gasteiger partial charge in [-0.1, -0.05) is 0 Å². The summed E-state index contributed by atoms with van der Waals surface area (Å²) in [6.45, 7) is 5.22. The van der Waals surface area contributed by atoms with Crippen LogP contribution < -0.4 is 9.64 Å². The fourth-order valence-electron chi connectivity index (χ4n) is 4.02. The molecule has 0 saturated heterocycles. The molecule has 0 radical (unpaired) electrons. The smallest absolute Gasteiger partial charge is 0.224 e. The molecule has 1 atom stereocenters. The fourth-order valence-corrected chi connectivity index (χ4v) is 4.02. The first-order chi connectivity index (χ1) is 13.5. The number of amides is 1. The molecule has 1 amide bonds. The van der Waals surface area contributed by atoms with Gasteiger partial charge in [0.15, 0.2) is 0 Å². The van der Waals surface area contributed by atoms with Crippen LogP contribution in [0.2, 0.25) is 0 Å². The van der Waals surface area contributed by atoms with Gasteiger partial charge in [-0.3, -0.25) is 9.48 Å². The SMILES string of the molecule is CC(=O)N1c2ccc(-c3cnn(C4CC4)c3)c(OCCN(C)C)c2CC[C@@H]1C. The van der Waals surface area contributed by atoms with Crippen LogP contribution in [0.4, 0.5) is 5.69 Å². The van der Waals surface area contributed by atoms with E-state index in [2.05, 4.69) is 39.9 Å². The Hall–Kier alpha value is -2.34. The van der Waals surface area contributed by atoms with Crippen LogP contribution >= 0.6 is 0 Å². The van der Waals surface area contributed by atoms with E-state index in [1.165, 1.54) is 12.8 Å². The second-order valence-electron chi connectivity index (χ2n) is 8.31. The Bertz CT molecular complexity index is 869. The number of nitrogens with zero attached hydrogens (tertiary/aromatic N) is 4. The molecule has 1 aliphatic heterocycles. The van der Waals surface area contributed by atoms with Crippen LogP contribution in [0, 0.1) is 0 Å². The van der Waals surface area contributed by atoms with Crippen molar-refractivity contribution in [2.45, 2.75) is 51.6 Å². The van der Waals surface area contributed by atoms with Crippen LogP contribution in [0.5, 0.6) is 5.75 Å². The van der Waals surface area contributed by atoms with Crippen LogP contribution in [-0.2, 0) is 11.2 Å². The minimum absolute atomic E-state index is 0.0852. The van der Waals surface area contributed by atoms with E-state index in [9.17, 15) is 4.79 Å². The summed E-state index contributed by atoms with van der Waals surface area (Å²) < 4.78 is 8.40. The van der Waals surface area contributed by atoms with E-state index in [1.807, 2.05) is 25.2 Å². The zero-order valence-corrected chi connectivity index (χ0v) is 17.3. The Balaban J connectivity index is 1.75. The van der Waals surface area contributed by atoms with Gasteiger partial charge in [0.2, 0.25) is 5.91 Å². The van der Waals surface area contributed by atoms with Gasteiger partial charge in [-0.05, 0) is 58.8 Å². The third kappa shape index (κ3) is 3.65. The van der Waals surface area contributed by atoms with E-state index in [-0.39, 0.29) is 11.9 Å². The first-order valence-corrected chi connectivity index (χ1v) is 10.2. The van der Waals surface area contributed by atoms with E-state index in [0.29, 0.717) is 12.6 Å². The third-order valence-electron chi connectivity index (χ3n) is 5.71. The number of anilines is 1. The number of ether oxygens (including phenoxy) is 1. The minimum Gasteiger partial charge on any atom is -0.491 e. The van der Waals surface area contributed by atoms with Crippen LogP contribution in [0.15, 0.2) is 24.5 Å². The van der Waals surface area contributed by atoms with Crippen molar-refractivity contribution in [1.82, 2.24) is 14.7 Å². The van der Waals surface area contributed by atoms with Crippen molar-refractivity contribution in [2.24, 2.45) is 0 Å². The zero-order chi connectivity index (χ0) is 19.8. The molecule has 1 fully saturated rings. The molecule has 1 aliphatic carbocycles. The monoisotopic (exact) mass is 382 g/mol. The lowest BCUT2D eigenvalue weighted by Crippen LogP contribution is -2.40. The number of aromatic nitrogens is 2. The number of hydrogen-bond acceptors (Lipinski definition) is 4. The molecule has 1 saturated carbocycles. The van der Waals surface area contributed by atoms with Crippen LogP contribution in [-0.4, -0.2) is 53.9 Å². The molecule has 28 heavy (non-hydrogen) atoms. The number of carbonyl (C=O) groups excluding carboxylic acids is 1. The quantitative estimate of drug-likeness (QED) is 0.767. The first kappa shape index (κ1) is 19.0. The second-order valence-corrected chi connectivity index (χ2v) is 8.31.